The number of rotatable bonds is 6. The van der Waals surface area contributed by atoms with Gasteiger partial charge in [-0.25, -0.2) is 0 Å². The first-order chi connectivity index (χ1) is 8.80. The maximum Gasteiger partial charge on any atom is 0.309 e. The highest BCUT2D eigenvalue weighted by Gasteiger charge is 2.40. The van der Waals surface area contributed by atoms with E-state index in [4.69, 9.17) is 4.74 Å². The van der Waals surface area contributed by atoms with Crippen molar-refractivity contribution >= 4 is 5.97 Å². The fourth-order valence-corrected chi connectivity index (χ4v) is 2.96. The molecule has 1 rings (SSSR count). The Morgan fingerprint density at radius 3 is 2.58 bits per heavy atom. The van der Waals surface area contributed by atoms with Crippen molar-refractivity contribution in [2.75, 3.05) is 26.8 Å². The molecule has 1 aliphatic rings. The third-order valence-corrected chi connectivity index (χ3v) is 4.60. The average molecular weight is 271 g/mol. The van der Waals surface area contributed by atoms with Crippen LogP contribution in [0.15, 0.2) is 0 Å². The Morgan fingerprint density at radius 1 is 1.47 bits per heavy atom. The van der Waals surface area contributed by atoms with Gasteiger partial charge in [0.25, 0.3) is 0 Å². The summed E-state index contributed by atoms with van der Waals surface area (Å²) >= 11 is 0. The van der Waals surface area contributed by atoms with Crippen molar-refractivity contribution in [2.24, 2.45) is 17.3 Å². The number of hydrogen-bond acceptors (Lipinski definition) is 3. The molecule has 4 heteroatoms. The molecule has 0 aromatic heterocycles. The molecule has 0 aromatic carbocycles. The quantitative estimate of drug-likeness (QED) is 0.806. The van der Waals surface area contributed by atoms with Crippen molar-refractivity contribution in [2.45, 2.75) is 46.6 Å². The van der Waals surface area contributed by atoms with Gasteiger partial charge in [0.05, 0.1) is 12.0 Å². The number of nitrogens with zero attached hydrogens (tertiary/aromatic N) is 1. The zero-order chi connectivity index (χ0) is 14.6. The molecule has 19 heavy (non-hydrogen) atoms. The van der Waals surface area contributed by atoms with E-state index in [1.165, 1.54) is 0 Å². The molecule has 2 unspecified atom stereocenters. The molecule has 2 atom stereocenters. The zero-order valence-corrected chi connectivity index (χ0v) is 13.0. The van der Waals surface area contributed by atoms with Gasteiger partial charge in [0.1, 0.15) is 0 Å². The molecule has 0 aliphatic carbocycles. The Kier molecular flexibility index (Phi) is 5.81. The summed E-state index contributed by atoms with van der Waals surface area (Å²) in [5, 5.41) is 9.39. The number of hydrogen-bond donors (Lipinski definition) is 1. The molecule has 0 aromatic rings. The van der Waals surface area contributed by atoms with Crippen LogP contribution >= 0.6 is 0 Å². The molecule has 1 heterocycles. The minimum atomic E-state index is -0.688. The number of likely N-dealkylation sites (tertiary alicyclic amines) is 1. The molecule has 0 amide bonds. The van der Waals surface area contributed by atoms with Crippen LogP contribution in [0, 0.1) is 17.3 Å². The van der Waals surface area contributed by atoms with Gasteiger partial charge in [0.15, 0.2) is 0 Å². The van der Waals surface area contributed by atoms with Crippen molar-refractivity contribution in [1.29, 1.82) is 0 Å². The number of methoxy groups -OCH3 is 1. The van der Waals surface area contributed by atoms with E-state index in [1.807, 2.05) is 13.8 Å². The number of aliphatic carboxylic acids is 1. The van der Waals surface area contributed by atoms with Gasteiger partial charge < -0.3 is 9.84 Å². The number of piperidine rings is 1. The summed E-state index contributed by atoms with van der Waals surface area (Å²) in [6.07, 6.45) is 2.09. The molecule has 0 spiro atoms. The van der Waals surface area contributed by atoms with Crippen LogP contribution in [0.5, 0.6) is 0 Å². The Morgan fingerprint density at radius 2 is 2.11 bits per heavy atom. The Balaban J connectivity index is 2.75. The van der Waals surface area contributed by atoms with E-state index in [1.54, 1.807) is 7.11 Å². The summed E-state index contributed by atoms with van der Waals surface area (Å²) in [4.78, 5) is 13.8. The second kappa shape index (κ2) is 6.71. The first-order valence-corrected chi connectivity index (χ1v) is 7.27. The van der Waals surface area contributed by atoms with Gasteiger partial charge in [-0.2, -0.15) is 0 Å². The van der Waals surface area contributed by atoms with Crippen LogP contribution in [-0.2, 0) is 9.53 Å². The lowest BCUT2D eigenvalue weighted by atomic mass is 9.74. The third kappa shape index (κ3) is 3.93. The Hall–Kier alpha value is -0.610. The van der Waals surface area contributed by atoms with Crippen LogP contribution in [0.3, 0.4) is 0 Å². The van der Waals surface area contributed by atoms with Gasteiger partial charge in [-0.15, -0.1) is 0 Å². The third-order valence-electron chi connectivity index (χ3n) is 4.60. The van der Waals surface area contributed by atoms with E-state index in [0.717, 1.165) is 32.5 Å². The molecule has 0 bridgehead atoms. The number of carbonyl (C=O) groups is 1. The van der Waals surface area contributed by atoms with Crippen LogP contribution in [-0.4, -0.2) is 48.8 Å². The molecule has 0 saturated carbocycles. The SMILES string of the molecule is COCC(C(C)C)N1CCCC(C(C)(C)C(=O)O)C1. The Labute approximate surface area is 117 Å². The number of ether oxygens (including phenoxy) is 1. The van der Waals surface area contributed by atoms with Crippen molar-refractivity contribution in [1.82, 2.24) is 4.90 Å². The summed E-state index contributed by atoms with van der Waals surface area (Å²) in [7, 11) is 1.73. The molecule has 112 valence electrons. The molecule has 4 nitrogen and oxygen atoms in total. The largest absolute Gasteiger partial charge is 0.481 e. The van der Waals surface area contributed by atoms with Crippen LogP contribution in [0.4, 0.5) is 0 Å². The maximum absolute atomic E-state index is 11.4. The molecular weight excluding hydrogens is 242 g/mol. The number of carboxylic acid groups (broad SMARTS) is 1. The molecule has 1 saturated heterocycles. The van der Waals surface area contributed by atoms with Gasteiger partial charge in [0.2, 0.25) is 0 Å². The van der Waals surface area contributed by atoms with E-state index in [2.05, 4.69) is 18.7 Å². The van der Waals surface area contributed by atoms with Crippen molar-refractivity contribution in [3.05, 3.63) is 0 Å². The summed E-state index contributed by atoms with van der Waals surface area (Å²) in [5.41, 5.74) is -0.646. The van der Waals surface area contributed by atoms with Crippen LogP contribution in [0.25, 0.3) is 0 Å². The first kappa shape index (κ1) is 16.4. The second-order valence-corrected chi connectivity index (χ2v) is 6.63. The normalized spacial score (nSPS) is 23.6. The minimum Gasteiger partial charge on any atom is -0.481 e. The van der Waals surface area contributed by atoms with Gasteiger partial charge in [0, 0.05) is 19.7 Å². The smallest absolute Gasteiger partial charge is 0.309 e. The molecule has 1 aliphatic heterocycles. The summed E-state index contributed by atoms with van der Waals surface area (Å²) < 4.78 is 5.33. The summed E-state index contributed by atoms with van der Waals surface area (Å²) in [6.45, 7) is 10.8. The minimum absolute atomic E-state index is 0.219. The number of carboxylic acids is 1. The Bertz CT molecular complexity index is 302. The highest BCUT2D eigenvalue weighted by atomic mass is 16.5. The standard InChI is InChI=1S/C15H29NO3/c1-11(2)13(10-19-5)16-8-6-7-12(9-16)15(3,4)14(17)18/h11-13H,6-10H2,1-5H3,(H,17,18). The van der Waals surface area contributed by atoms with Crippen molar-refractivity contribution in [3.63, 3.8) is 0 Å². The van der Waals surface area contributed by atoms with E-state index in [0.29, 0.717) is 12.0 Å². The average Bonchev–Trinajstić information content (AvgIpc) is 2.35. The summed E-state index contributed by atoms with van der Waals surface area (Å²) in [6, 6.07) is 0.386. The predicted molar refractivity (Wildman–Crippen MR) is 76.2 cm³/mol. The van der Waals surface area contributed by atoms with E-state index >= 15 is 0 Å². The lowest BCUT2D eigenvalue weighted by Crippen LogP contribution is -2.51. The summed E-state index contributed by atoms with van der Waals surface area (Å²) in [5.74, 6) is 0.0516. The zero-order valence-electron chi connectivity index (χ0n) is 13.0. The maximum atomic E-state index is 11.4. The predicted octanol–water partition coefficient (Wildman–Crippen LogP) is 2.48. The van der Waals surface area contributed by atoms with E-state index in [9.17, 15) is 9.90 Å². The van der Waals surface area contributed by atoms with Gasteiger partial charge in [-0.3, -0.25) is 9.69 Å². The molecule has 1 fully saturated rings. The van der Waals surface area contributed by atoms with Crippen molar-refractivity contribution in [3.8, 4) is 0 Å². The van der Waals surface area contributed by atoms with Gasteiger partial charge in [-0.05, 0) is 45.1 Å². The first-order valence-electron chi connectivity index (χ1n) is 7.27. The fourth-order valence-electron chi connectivity index (χ4n) is 2.96. The lowest BCUT2D eigenvalue weighted by molar-refractivity contribution is -0.152. The van der Waals surface area contributed by atoms with Gasteiger partial charge >= 0.3 is 5.97 Å². The van der Waals surface area contributed by atoms with Crippen molar-refractivity contribution < 1.29 is 14.6 Å². The van der Waals surface area contributed by atoms with Crippen LogP contribution < -0.4 is 0 Å². The van der Waals surface area contributed by atoms with Crippen LogP contribution in [0.2, 0.25) is 0 Å². The monoisotopic (exact) mass is 271 g/mol. The topological polar surface area (TPSA) is 49.8 Å². The van der Waals surface area contributed by atoms with Crippen LogP contribution in [0.1, 0.15) is 40.5 Å². The van der Waals surface area contributed by atoms with E-state index < -0.39 is 11.4 Å². The lowest BCUT2D eigenvalue weighted by Gasteiger charge is -2.43. The van der Waals surface area contributed by atoms with E-state index in [-0.39, 0.29) is 5.92 Å². The van der Waals surface area contributed by atoms with Gasteiger partial charge in [-0.1, -0.05) is 13.8 Å². The highest BCUT2D eigenvalue weighted by molar-refractivity contribution is 5.74. The molecule has 1 N–H and O–H groups in total. The molecule has 0 radical (unpaired) electrons. The highest BCUT2D eigenvalue weighted by Crippen LogP contribution is 2.35. The molecular formula is C15H29NO3. The fraction of sp³-hybridized carbons (Fsp3) is 0.933. The second-order valence-electron chi connectivity index (χ2n) is 6.63.